The van der Waals surface area contributed by atoms with Gasteiger partial charge in [0.1, 0.15) is 11.6 Å². The van der Waals surface area contributed by atoms with Gasteiger partial charge in [-0.1, -0.05) is 45.0 Å². The lowest BCUT2D eigenvalue weighted by atomic mass is 9.88. The summed E-state index contributed by atoms with van der Waals surface area (Å²) in [6.45, 7) is 6.56. The number of carbonyl (C=O) groups is 1. The fraction of sp³-hybridized carbons (Fsp3) is 0.263. The number of benzene rings is 2. The Bertz CT molecular complexity index is 696. The highest BCUT2D eigenvalue weighted by Crippen LogP contribution is 2.22. The molecule has 3 N–H and O–H groups in total. The summed E-state index contributed by atoms with van der Waals surface area (Å²) in [5, 5.41) is 7.34. The lowest BCUT2D eigenvalue weighted by molar-refractivity contribution is 0.0734. The highest BCUT2D eigenvalue weighted by atomic mass is 16.5. The zero-order valence-electron chi connectivity index (χ0n) is 13.7. The molecule has 0 heterocycles. The van der Waals surface area contributed by atoms with Crippen molar-refractivity contribution in [3.8, 4) is 5.75 Å². The van der Waals surface area contributed by atoms with E-state index in [1.165, 1.54) is 5.56 Å². The summed E-state index contributed by atoms with van der Waals surface area (Å²) in [6, 6.07) is 14.0. The van der Waals surface area contributed by atoms with Crippen LogP contribution in [-0.4, -0.2) is 11.8 Å². The first kappa shape index (κ1) is 16.7. The van der Waals surface area contributed by atoms with E-state index in [9.17, 15) is 4.79 Å². The minimum absolute atomic E-state index is 0.0284. The zero-order chi connectivity index (χ0) is 17.0. The molecule has 4 heteroatoms. The van der Waals surface area contributed by atoms with Crippen LogP contribution >= 0.6 is 0 Å². The van der Waals surface area contributed by atoms with Gasteiger partial charge in [0.25, 0.3) is 0 Å². The lowest BCUT2D eigenvalue weighted by Gasteiger charge is -2.18. The predicted molar refractivity (Wildman–Crippen MR) is 92.0 cm³/mol. The van der Waals surface area contributed by atoms with Crippen molar-refractivity contribution in [1.82, 2.24) is 0 Å². The van der Waals surface area contributed by atoms with Crippen molar-refractivity contribution < 1.29 is 9.53 Å². The number of amidine groups is 1. The Kier molecular flexibility index (Phi) is 4.84. The first-order chi connectivity index (χ1) is 10.7. The first-order valence-electron chi connectivity index (χ1n) is 7.50. The number of nitrogens with one attached hydrogen (secondary N) is 1. The van der Waals surface area contributed by atoms with Crippen molar-refractivity contribution in [3.63, 3.8) is 0 Å². The Morgan fingerprint density at radius 3 is 2.00 bits per heavy atom. The molecular formula is C19H22N2O2. The number of esters is 1. The first-order valence-corrected chi connectivity index (χ1v) is 7.50. The van der Waals surface area contributed by atoms with Gasteiger partial charge < -0.3 is 10.5 Å². The van der Waals surface area contributed by atoms with Crippen LogP contribution in [0.5, 0.6) is 5.75 Å². The van der Waals surface area contributed by atoms with Gasteiger partial charge in [0.15, 0.2) is 0 Å². The van der Waals surface area contributed by atoms with Crippen molar-refractivity contribution >= 4 is 11.8 Å². The van der Waals surface area contributed by atoms with E-state index in [2.05, 4.69) is 20.8 Å². The van der Waals surface area contributed by atoms with Crippen LogP contribution in [0.4, 0.5) is 0 Å². The molecule has 0 saturated heterocycles. The number of hydrogen-bond acceptors (Lipinski definition) is 3. The molecule has 0 aromatic heterocycles. The molecule has 0 aliphatic carbocycles. The zero-order valence-corrected chi connectivity index (χ0v) is 13.7. The van der Waals surface area contributed by atoms with Gasteiger partial charge in [-0.25, -0.2) is 4.79 Å². The fourth-order valence-corrected chi connectivity index (χ4v) is 2.24. The summed E-state index contributed by atoms with van der Waals surface area (Å²) in [5.74, 6) is 0.0614. The quantitative estimate of drug-likeness (QED) is 0.390. The maximum absolute atomic E-state index is 12.1. The van der Waals surface area contributed by atoms with E-state index in [4.69, 9.17) is 15.9 Å². The minimum Gasteiger partial charge on any atom is -0.423 e. The van der Waals surface area contributed by atoms with E-state index in [1.807, 2.05) is 24.3 Å². The molecule has 0 bridgehead atoms. The van der Waals surface area contributed by atoms with E-state index >= 15 is 0 Å². The molecule has 0 amide bonds. The molecular weight excluding hydrogens is 288 g/mol. The van der Waals surface area contributed by atoms with Crippen molar-refractivity contribution in [2.45, 2.75) is 27.2 Å². The van der Waals surface area contributed by atoms with E-state index < -0.39 is 5.97 Å². The number of ether oxygens (including phenoxy) is 1. The van der Waals surface area contributed by atoms with Gasteiger partial charge in [0.2, 0.25) is 0 Å². The van der Waals surface area contributed by atoms with Crippen LogP contribution in [0.25, 0.3) is 0 Å². The SMILES string of the molecule is CC(C)(C)Cc1ccc(OC(=O)c2ccc(C(=N)N)cc2)cc1. The van der Waals surface area contributed by atoms with Crippen molar-refractivity contribution in [2.75, 3.05) is 0 Å². The van der Waals surface area contributed by atoms with Crippen LogP contribution in [-0.2, 0) is 6.42 Å². The van der Waals surface area contributed by atoms with Gasteiger partial charge in [-0.15, -0.1) is 0 Å². The molecule has 0 atom stereocenters. The standard InChI is InChI=1S/C19H22N2O2/c1-19(2,3)12-13-4-10-16(11-5-13)23-18(22)15-8-6-14(7-9-15)17(20)21/h4-11H,12H2,1-3H3,(H3,20,21). The molecule has 0 fully saturated rings. The van der Waals surface area contributed by atoms with Crippen LogP contribution < -0.4 is 10.5 Å². The van der Waals surface area contributed by atoms with Gasteiger partial charge in [0, 0.05) is 5.56 Å². The van der Waals surface area contributed by atoms with Gasteiger partial charge in [-0.05, 0) is 41.7 Å². The Labute approximate surface area is 136 Å². The monoisotopic (exact) mass is 310 g/mol. The maximum Gasteiger partial charge on any atom is 0.343 e. The van der Waals surface area contributed by atoms with E-state index in [1.54, 1.807) is 24.3 Å². The van der Waals surface area contributed by atoms with Crippen LogP contribution in [0.3, 0.4) is 0 Å². The number of rotatable bonds is 4. The highest BCUT2D eigenvalue weighted by molar-refractivity contribution is 5.97. The molecule has 0 aliphatic heterocycles. The third kappa shape index (κ3) is 4.95. The predicted octanol–water partition coefficient (Wildman–Crippen LogP) is 3.78. The van der Waals surface area contributed by atoms with E-state index in [0.717, 1.165) is 6.42 Å². The molecule has 120 valence electrons. The second-order valence-electron chi connectivity index (χ2n) is 6.76. The van der Waals surface area contributed by atoms with Crippen molar-refractivity contribution in [1.29, 1.82) is 5.41 Å². The average Bonchev–Trinajstić information content (AvgIpc) is 2.48. The normalized spacial score (nSPS) is 11.1. The Morgan fingerprint density at radius 2 is 1.52 bits per heavy atom. The van der Waals surface area contributed by atoms with Crippen molar-refractivity contribution in [3.05, 3.63) is 65.2 Å². The number of nitrogen functional groups attached to an aromatic ring is 1. The topological polar surface area (TPSA) is 76.2 Å². The summed E-state index contributed by atoms with van der Waals surface area (Å²) in [5.41, 5.74) is 7.82. The van der Waals surface area contributed by atoms with Crippen LogP contribution in [0.15, 0.2) is 48.5 Å². The van der Waals surface area contributed by atoms with Crippen LogP contribution in [0.2, 0.25) is 0 Å². The van der Waals surface area contributed by atoms with E-state index in [-0.39, 0.29) is 11.3 Å². The largest absolute Gasteiger partial charge is 0.423 e. The molecule has 0 radical (unpaired) electrons. The molecule has 2 aromatic carbocycles. The number of carbonyl (C=O) groups excluding carboxylic acids is 1. The lowest BCUT2D eigenvalue weighted by Crippen LogP contribution is -2.12. The number of hydrogen-bond donors (Lipinski definition) is 2. The second-order valence-corrected chi connectivity index (χ2v) is 6.76. The third-order valence-corrected chi connectivity index (χ3v) is 3.30. The molecule has 2 aromatic rings. The minimum atomic E-state index is -0.427. The molecule has 0 spiro atoms. The summed E-state index contributed by atoms with van der Waals surface area (Å²) in [6.07, 6.45) is 0.966. The van der Waals surface area contributed by atoms with Crippen LogP contribution in [0.1, 0.15) is 42.3 Å². The maximum atomic E-state index is 12.1. The van der Waals surface area contributed by atoms with Gasteiger partial charge in [0.05, 0.1) is 5.56 Å². The Balaban J connectivity index is 2.03. The molecule has 4 nitrogen and oxygen atoms in total. The van der Waals surface area contributed by atoms with E-state index in [0.29, 0.717) is 16.9 Å². The molecule has 0 aliphatic rings. The summed E-state index contributed by atoms with van der Waals surface area (Å²) < 4.78 is 5.36. The molecule has 2 rings (SSSR count). The Morgan fingerprint density at radius 1 is 1.00 bits per heavy atom. The number of nitrogens with two attached hydrogens (primary N) is 1. The molecule has 23 heavy (non-hydrogen) atoms. The highest BCUT2D eigenvalue weighted by Gasteiger charge is 2.12. The smallest absolute Gasteiger partial charge is 0.343 e. The van der Waals surface area contributed by atoms with Gasteiger partial charge in [-0.2, -0.15) is 0 Å². The molecule has 0 unspecified atom stereocenters. The summed E-state index contributed by atoms with van der Waals surface area (Å²) in [4.78, 5) is 12.1. The second kappa shape index (κ2) is 6.65. The molecule has 0 saturated carbocycles. The average molecular weight is 310 g/mol. The van der Waals surface area contributed by atoms with Gasteiger partial charge in [-0.3, -0.25) is 5.41 Å². The Hall–Kier alpha value is -2.62. The summed E-state index contributed by atoms with van der Waals surface area (Å²) >= 11 is 0. The van der Waals surface area contributed by atoms with Gasteiger partial charge >= 0.3 is 5.97 Å². The van der Waals surface area contributed by atoms with Crippen molar-refractivity contribution in [2.24, 2.45) is 11.1 Å². The van der Waals surface area contributed by atoms with Crippen LogP contribution in [0, 0.1) is 10.8 Å². The fourth-order valence-electron chi connectivity index (χ4n) is 2.24. The summed E-state index contributed by atoms with van der Waals surface area (Å²) in [7, 11) is 0. The third-order valence-electron chi connectivity index (χ3n) is 3.30.